The van der Waals surface area contributed by atoms with E-state index < -0.39 is 0 Å². The lowest BCUT2D eigenvalue weighted by atomic mass is 9.79. The van der Waals surface area contributed by atoms with Crippen molar-refractivity contribution in [2.24, 2.45) is 17.3 Å². The molecule has 19 heavy (non-hydrogen) atoms. The molecule has 1 rings (SSSR count). The van der Waals surface area contributed by atoms with Gasteiger partial charge in [-0.05, 0) is 37.6 Å². The predicted octanol–water partition coefficient (Wildman–Crippen LogP) is 3.09. The first-order valence-corrected chi connectivity index (χ1v) is 7.90. The number of ether oxygens (including phenoxy) is 2. The number of nitrogens with one attached hydrogen (secondary N) is 1. The molecule has 1 aliphatic rings. The van der Waals surface area contributed by atoms with E-state index in [0.29, 0.717) is 17.3 Å². The Morgan fingerprint density at radius 3 is 2.58 bits per heavy atom. The summed E-state index contributed by atoms with van der Waals surface area (Å²) < 4.78 is 11.5. The molecule has 3 nitrogen and oxygen atoms in total. The van der Waals surface area contributed by atoms with Crippen LogP contribution < -0.4 is 5.32 Å². The molecule has 1 heterocycles. The molecule has 1 unspecified atom stereocenters. The van der Waals surface area contributed by atoms with Crippen molar-refractivity contribution in [2.45, 2.75) is 47.0 Å². The van der Waals surface area contributed by atoms with Crippen LogP contribution in [0.4, 0.5) is 0 Å². The van der Waals surface area contributed by atoms with Crippen molar-refractivity contribution in [3.05, 3.63) is 0 Å². The Hall–Kier alpha value is -0.120. The zero-order valence-corrected chi connectivity index (χ0v) is 13.3. The van der Waals surface area contributed by atoms with E-state index in [-0.39, 0.29) is 0 Å². The van der Waals surface area contributed by atoms with Crippen molar-refractivity contribution >= 4 is 0 Å². The van der Waals surface area contributed by atoms with Gasteiger partial charge in [-0.15, -0.1) is 0 Å². The van der Waals surface area contributed by atoms with E-state index in [1.54, 1.807) is 0 Å². The van der Waals surface area contributed by atoms with Gasteiger partial charge in [0.05, 0.1) is 6.61 Å². The Kier molecular flexibility index (Phi) is 7.96. The minimum absolute atomic E-state index is 0.296. The molecule has 3 heteroatoms. The number of rotatable bonds is 9. The summed E-state index contributed by atoms with van der Waals surface area (Å²) in [7, 11) is 0. The van der Waals surface area contributed by atoms with Crippen molar-refractivity contribution in [3.8, 4) is 0 Å². The maximum Gasteiger partial charge on any atom is 0.0535 e. The lowest BCUT2D eigenvalue weighted by Gasteiger charge is -2.37. The summed E-state index contributed by atoms with van der Waals surface area (Å²) in [6.45, 7) is 14.6. The standard InChI is InChI=1S/C16H33NO2/c1-14(2)10-17-12-16(6-5-8-19-13-16)7-9-18-11-15(3)4/h14-15,17H,5-13H2,1-4H3. The van der Waals surface area contributed by atoms with E-state index in [4.69, 9.17) is 9.47 Å². The Labute approximate surface area is 119 Å². The van der Waals surface area contributed by atoms with E-state index in [1.807, 2.05) is 0 Å². The lowest BCUT2D eigenvalue weighted by Crippen LogP contribution is -2.42. The zero-order valence-electron chi connectivity index (χ0n) is 13.3. The first kappa shape index (κ1) is 16.9. The molecule has 0 radical (unpaired) electrons. The van der Waals surface area contributed by atoms with Crippen LogP contribution in [0.1, 0.15) is 47.0 Å². The third-order valence-electron chi connectivity index (χ3n) is 3.68. The molecule has 0 amide bonds. The Balaban J connectivity index is 2.32. The molecule has 1 aliphatic heterocycles. The van der Waals surface area contributed by atoms with Gasteiger partial charge >= 0.3 is 0 Å². The summed E-state index contributed by atoms with van der Waals surface area (Å²) in [5, 5.41) is 3.61. The Morgan fingerprint density at radius 2 is 2.00 bits per heavy atom. The average molecular weight is 271 g/mol. The van der Waals surface area contributed by atoms with Gasteiger partial charge in [0, 0.05) is 31.8 Å². The Bertz CT molecular complexity index is 223. The van der Waals surface area contributed by atoms with Gasteiger partial charge in [-0.25, -0.2) is 0 Å². The van der Waals surface area contributed by atoms with Crippen LogP contribution in [0.5, 0.6) is 0 Å². The van der Waals surface area contributed by atoms with Crippen LogP contribution in [0.25, 0.3) is 0 Å². The summed E-state index contributed by atoms with van der Waals surface area (Å²) in [4.78, 5) is 0. The molecule has 0 bridgehead atoms. The third-order valence-corrected chi connectivity index (χ3v) is 3.68. The summed E-state index contributed by atoms with van der Waals surface area (Å²) >= 11 is 0. The summed E-state index contributed by atoms with van der Waals surface area (Å²) in [5.41, 5.74) is 0.296. The number of hydrogen-bond acceptors (Lipinski definition) is 3. The highest BCUT2D eigenvalue weighted by Crippen LogP contribution is 2.31. The lowest BCUT2D eigenvalue weighted by molar-refractivity contribution is -0.0291. The normalized spacial score (nSPS) is 24.3. The molecule has 1 N–H and O–H groups in total. The Morgan fingerprint density at radius 1 is 1.21 bits per heavy atom. The topological polar surface area (TPSA) is 30.5 Å². The molecule has 0 aliphatic carbocycles. The van der Waals surface area contributed by atoms with E-state index in [0.717, 1.165) is 45.9 Å². The molecular weight excluding hydrogens is 238 g/mol. The van der Waals surface area contributed by atoms with Gasteiger partial charge in [-0.1, -0.05) is 27.7 Å². The summed E-state index contributed by atoms with van der Waals surface area (Å²) in [6.07, 6.45) is 3.57. The average Bonchev–Trinajstić information content (AvgIpc) is 2.35. The zero-order chi connectivity index (χ0) is 14.1. The predicted molar refractivity (Wildman–Crippen MR) is 80.5 cm³/mol. The van der Waals surface area contributed by atoms with E-state index in [9.17, 15) is 0 Å². The second-order valence-electron chi connectivity index (χ2n) is 6.90. The van der Waals surface area contributed by atoms with Crippen LogP contribution in [-0.4, -0.2) is 39.5 Å². The van der Waals surface area contributed by atoms with Crippen molar-refractivity contribution < 1.29 is 9.47 Å². The van der Waals surface area contributed by atoms with Crippen molar-refractivity contribution in [2.75, 3.05) is 39.5 Å². The second-order valence-corrected chi connectivity index (χ2v) is 6.90. The molecule has 0 aromatic rings. The quantitative estimate of drug-likeness (QED) is 0.654. The highest BCUT2D eigenvalue weighted by Gasteiger charge is 2.32. The molecule has 0 aromatic heterocycles. The van der Waals surface area contributed by atoms with Crippen LogP contribution in [0, 0.1) is 17.3 Å². The first-order chi connectivity index (χ1) is 9.04. The third kappa shape index (κ3) is 7.28. The minimum atomic E-state index is 0.296. The van der Waals surface area contributed by atoms with Crippen molar-refractivity contribution in [1.29, 1.82) is 0 Å². The first-order valence-electron chi connectivity index (χ1n) is 7.90. The van der Waals surface area contributed by atoms with E-state index in [1.165, 1.54) is 12.8 Å². The van der Waals surface area contributed by atoms with E-state index in [2.05, 4.69) is 33.0 Å². The molecule has 0 aromatic carbocycles. The monoisotopic (exact) mass is 271 g/mol. The van der Waals surface area contributed by atoms with Crippen LogP contribution in [-0.2, 0) is 9.47 Å². The van der Waals surface area contributed by atoms with Gasteiger partial charge in [0.2, 0.25) is 0 Å². The van der Waals surface area contributed by atoms with Gasteiger partial charge in [-0.3, -0.25) is 0 Å². The molecule has 1 saturated heterocycles. The molecule has 0 saturated carbocycles. The van der Waals surface area contributed by atoms with Crippen LogP contribution in [0.2, 0.25) is 0 Å². The van der Waals surface area contributed by atoms with Crippen molar-refractivity contribution in [1.82, 2.24) is 5.32 Å². The van der Waals surface area contributed by atoms with Crippen LogP contribution in [0.15, 0.2) is 0 Å². The highest BCUT2D eigenvalue weighted by molar-refractivity contribution is 4.84. The largest absolute Gasteiger partial charge is 0.381 e. The van der Waals surface area contributed by atoms with Gasteiger partial charge in [0.1, 0.15) is 0 Å². The fourth-order valence-corrected chi connectivity index (χ4v) is 2.57. The number of hydrogen-bond donors (Lipinski definition) is 1. The molecular formula is C16H33NO2. The fourth-order valence-electron chi connectivity index (χ4n) is 2.57. The van der Waals surface area contributed by atoms with E-state index >= 15 is 0 Å². The van der Waals surface area contributed by atoms with Crippen LogP contribution >= 0.6 is 0 Å². The second kappa shape index (κ2) is 8.93. The highest BCUT2D eigenvalue weighted by atomic mass is 16.5. The van der Waals surface area contributed by atoms with Gasteiger partial charge in [0.25, 0.3) is 0 Å². The van der Waals surface area contributed by atoms with Gasteiger partial charge < -0.3 is 14.8 Å². The SMILES string of the molecule is CC(C)CNCC1(CCOCC(C)C)CCCOC1. The fraction of sp³-hybridized carbons (Fsp3) is 1.00. The summed E-state index contributed by atoms with van der Waals surface area (Å²) in [5.74, 6) is 1.33. The molecule has 1 fully saturated rings. The van der Waals surface area contributed by atoms with Crippen LogP contribution in [0.3, 0.4) is 0 Å². The molecule has 114 valence electrons. The summed E-state index contributed by atoms with van der Waals surface area (Å²) in [6, 6.07) is 0. The smallest absolute Gasteiger partial charge is 0.0535 e. The maximum atomic E-state index is 5.77. The maximum absolute atomic E-state index is 5.77. The van der Waals surface area contributed by atoms with Crippen molar-refractivity contribution in [3.63, 3.8) is 0 Å². The minimum Gasteiger partial charge on any atom is -0.381 e. The van der Waals surface area contributed by atoms with Gasteiger partial charge in [-0.2, -0.15) is 0 Å². The molecule has 1 atom stereocenters. The van der Waals surface area contributed by atoms with Gasteiger partial charge in [0.15, 0.2) is 0 Å². The molecule has 0 spiro atoms.